The molecule has 2 aromatic heterocycles. The minimum Gasteiger partial charge on any atom is -0.496 e. The Hall–Kier alpha value is -3.63. The van der Waals surface area contributed by atoms with Crippen LogP contribution in [0.4, 0.5) is 8.78 Å². The SMILES string of the molecule is COc1ccc(F)cc1CN1CCN(C(=O)c2nc(-c3cccs3)n(-c3cccc(F)c3)n2)CC1. The second-order valence-electron chi connectivity index (χ2n) is 8.15. The molecule has 7 nitrogen and oxygen atoms in total. The van der Waals surface area contributed by atoms with Gasteiger partial charge in [0.1, 0.15) is 17.4 Å². The van der Waals surface area contributed by atoms with E-state index in [9.17, 15) is 13.6 Å². The van der Waals surface area contributed by atoms with Crippen LogP contribution in [0.2, 0.25) is 0 Å². The molecule has 1 saturated heterocycles. The van der Waals surface area contributed by atoms with Crippen molar-refractivity contribution < 1.29 is 18.3 Å². The first-order chi connectivity index (χ1) is 17.0. The Morgan fingerprint density at radius 3 is 2.54 bits per heavy atom. The van der Waals surface area contributed by atoms with Crippen LogP contribution in [0.3, 0.4) is 0 Å². The number of carbonyl (C=O) groups excluding carboxylic acids is 1. The third-order valence-corrected chi connectivity index (χ3v) is 6.75. The van der Waals surface area contributed by atoms with Gasteiger partial charge in [0.05, 0.1) is 17.7 Å². The predicted molar refractivity (Wildman–Crippen MR) is 129 cm³/mol. The number of halogens is 2. The Balaban J connectivity index is 1.32. The number of thiophene rings is 1. The minimum atomic E-state index is -0.394. The smallest absolute Gasteiger partial charge is 0.293 e. The molecule has 0 spiro atoms. The van der Waals surface area contributed by atoms with Crippen LogP contribution in [0.15, 0.2) is 60.0 Å². The van der Waals surface area contributed by atoms with Gasteiger partial charge in [-0.1, -0.05) is 12.1 Å². The van der Waals surface area contributed by atoms with Gasteiger partial charge in [0.25, 0.3) is 5.91 Å². The zero-order valence-electron chi connectivity index (χ0n) is 19.0. The molecule has 5 rings (SSSR count). The molecule has 0 saturated carbocycles. The van der Waals surface area contributed by atoms with E-state index >= 15 is 0 Å². The molecule has 35 heavy (non-hydrogen) atoms. The van der Waals surface area contributed by atoms with Crippen molar-refractivity contribution in [2.45, 2.75) is 6.54 Å². The van der Waals surface area contributed by atoms with E-state index in [1.807, 2.05) is 17.5 Å². The number of aromatic nitrogens is 3. The molecule has 10 heteroatoms. The fraction of sp³-hybridized carbons (Fsp3) is 0.240. The molecular weight excluding hydrogens is 472 g/mol. The highest BCUT2D eigenvalue weighted by Crippen LogP contribution is 2.27. The highest BCUT2D eigenvalue weighted by Gasteiger charge is 2.27. The molecule has 1 aliphatic heterocycles. The van der Waals surface area contributed by atoms with Gasteiger partial charge in [-0.2, -0.15) is 0 Å². The summed E-state index contributed by atoms with van der Waals surface area (Å²) < 4.78 is 34.4. The fourth-order valence-corrected chi connectivity index (χ4v) is 4.82. The van der Waals surface area contributed by atoms with E-state index in [4.69, 9.17) is 4.74 Å². The summed E-state index contributed by atoms with van der Waals surface area (Å²) in [6.45, 7) is 2.73. The van der Waals surface area contributed by atoms with Gasteiger partial charge in [0.15, 0.2) is 5.82 Å². The van der Waals surface area contributed by atoms with Crippen molar-refractivity contribution in [2.24, 2.45) is 0 Å². The van der Waals surface area contributed by atoms with Crippen LogP contribution in [0.25, 0.3) is 16.4 Å². The Kier molecular flexibility index (Phi) is 6.56. The van der Waals surface area contributed by atoms with E-state index in [2.05, 4.69) is 15.0 Å². The van der Waals surface area contributed by atoms with Crippen LogP contribution >= 0.6 is 11.3 Å². The summed E-state index contributed by atoms with van der Waals surface area (Å²) in [6, 6.07) is 14.3. The summed E-state index contributed by atoms with van der Waals surface area (Å²) in [7, 11) is 1.56. The number of carbonyl (C=O) groups is 1. The number of amides is 1. The first-order valence-electron chi connectivity index (χ1n) is 11.1. The lowest BCUT2D eigenvalue weighted by molar-refractivity contribution is 0.0615. The fourth-order valence-electron chi connectivity index (χ4n) is 4.12. The van der Waals surface area contributed by atoms with Crippen molar-refractivity contribution in [1.82, 2.24) is 24.6 Å². The molecule has 0 radical (unpaired) electrons. The molecule has 1 fully saturated rings. The molecule has 0 bridgehead atoms. The lowest BCUT2D eigenvalue weighted by Gasteiger charge is -2.34. The van der Waals surface area contributed by atoms with Crippen molar-refractivity contribution in [3.63, 3.8) is 0 Å². The van der Waals surface area contributed by atoms with Crippen molar-refractivity contribution in [1.29, 1.82) is 0 Å². The summed E-state index contributed by atoms with van der Waals surface area (Å²) in [5, 5.41) is 6.37. The van der Waals surface area contributed by atoms with Gasteiger partial charge in [-0.3, -0.25) is 9.69 Å². The largest absolute Gasteiger partial charge is 0.496 e. The Morgan fingerprint density at radius 2 is 1.83 bits per heavy atom. The normalized spacial score (nSPS) is 14.3. The molecule has 3 heterocycles. The molecular formula is C25H23F2N5O2S. The first-order valence-corrected chi connectivity index (χ1v) is 12.0. The molecule has 0 unspecified atom stereocenters. The van der Waals surface area contributed by atoms with Crippen molar-refractivity contribution in [2.75, 3.05) is 33.3 Å². The monoisotopic (exact) mass is 495 g/mol. The van der Waals surface area contributed by atoms with Gasteiger partial charge in [-0.25, -0.2) is 18.4 Å². The Bertz CT molecular complexity index is 1330. The van der Waals surface area contributed by atoms with E-state index in [1.165, 1.54) is 40.3 Å². The van der Waals surface area contributed by atoms with E-state index < -0.39 is 5.82 Å². The average Bonchev–Trinajstić information content (AvgIpc) is 3.55. The summed E-state index contributed by atoms with van der Waals surface area (Å²) >= 11 is 1.47. The molecule has 0 aliphatic carbocycles. The maximum atomic E-state index is 13.9. The molecule has 0 atom stereocenters. The second-order valence-corrected chi connectivity index (χ2v) is 9.10. The van der Waals surface area contributed by atoms with Gasteiger partial charge >= 0.3 is 0 Å². The van der Waals surface area contributed by atoms with Crippen molar-refractivity contribution >= 4 is 17.2 Å². The number of nitrogens with zero attached hydrogens (tertiary/aromatic N) is 5. The number of piperazine rings is 1. The highest BCUT2D eigenvalue weighted by atomic mass is 32.1. The lowest BCUT2D eigenvalue weighted by Crippen LogP contribution is -2.48. The predicted octanol–water partition coefficient (Wildman–Crippen LogP) is 4.24. The maximum absolute atomic E-state index is 13.9. The lowest BCUT2D eigenvalue weighted by atomic mass is 10.1. The van der Waals surface area contributed by atoms with E-state index in [-0.39, 0.29) is 17.5 Å². The zero-order chi connectivity index (χ0) is 24.4. The van der Waals surface area contributed by atoms with Gasteiger partial charge in [-0.15, -0.1) is 16.4 Å². The van der Waals surface area contributed by atoms with Crippen LogP contribution < -0.4 is 4.74 Å². The minimum absolute atomic E-state index is 0.0675. The van der Waals surface area contributed by atoms with Gasteiger partial charge in [0, 0.05) is 38.3 Å². The third-order valence-electron chi connectivity index (χ3n) is 5.89. The van der Waals surface area contributed by atoms with Crippen LogP contribution in [0.1, 0.15) is 16.2 Å². The number of benzene rings is 2. The van der Waals surface area contributed by atoms with Crippen LogP contribution in [-0.2, 0) is 6.54 Å². The van der Waals surface area contributed by atoms with Crippen molar-refractivity contribution in [3.8, 4) is 22.1 Å². The molecule has 0 N–H and O–H groups in total. The first kappa shape index (κ1) is 23.1. The zero-order valence-corrected chi connectivity index (χ0v) is 19.8. The maximum Gasteiger partial charge on any atom is 0.293 e. The molecule has 1 amide bonds. The topological polar surface area (TPSA) is 63.5 Å². The van der Waals surface area contributed by atoms with E-state index in [0.29, 0.717) is 50.0 Å². The van der Waals surface area contributed by atoms with Gasteiger partial charge < -0.3 is 9.64 Å². The number of rotatable bonds is 6. The van der Waals surface area contributed by atoms with Crippen LogP contribution in [0.5, 0.6) is 5.75 Å². The Labute approximate surface area is 205 Å². The van der Waals surface area contributed by atoms with Crippen LogP contribution in [-0.4, -0.2) is 63.8 Å². The second kappa shape index (κ2) is 9.93. The number of methoxy groups -OCH3 is 1. The molecule has 180 valence electrons. The Morgan fingerprint density at radius 1 is 1.03 bits per heavy atom. The van der Waals surface area contributed by atoms with E-state index in [0.717, 1.165) is 10.4 Å². The highest BCUT2D eigenvalue weighted by molar-refractivity contribution is 7.13. The van der Waals surface area contributed by atoms with Crippen LogP contribution in [0, 0.1) is 11.6 Å². The molecule has 2 aromatic carbocycles. The average molecular weight is 496 g/mol. The summed E-state index contributed by atoms with van der Waals surface area (Å²) in [6.07, 6.45) is 0. The van der Waals surface area contributed by atoms with Gasteiger partial charge in [0.2, 0.25) is 5.82 Å². The number of hydrogen-bond acceptors (Lipinski definition) is 6. The quantitative estimate of drug-likeness (QED) is 0.401. The third kappa shape index (κ3) is 4.94. The summed E-state index contributed by atoms with van der Waals surface area (Å²) in [4.78, 5) is 22.5. The van der Waals surface area contributed by atoms with Crippen molar-refractivity contribution in [3.05, 3.63) is 83.0 Å². The molecule has 1 aliphatic rings. The summed E-state index contributed by atoms with van der Waals surface area (Å²) in [5.74, 6) is 0.216. The standard InChI is InChI=1S/C25H23F2N5O2S/c1-34-21-8-7-19(27)14-17(21)16-30-9-11-31(12-10-30)25(33)23-28-24(22-6-3-13-35-22)32(29-23)20-5-2-4-18(26)15-20/h2-8,13-15H,9-12,16H2,1H3. The number of ether oxygens (including phenoxy) is 1. The molecule has 4 aromatic rings. The number of hydrogen-bond donors (Lipinski definition) is 0. The summed E-state index contributed by atoms with van der Waals surface area (Å²) in [5.41, 5.74) is 1.26. The van der Waals surface area contributed by atoms with E-state index in [1.54, 1.807) is 30.2 Å². The van der Waals surface area contributed by atoms with Gasteiger partial charge in [-0.05, 0) is 47.8 Å².